The molecule has 0 aromatic carbocycles. The summed E-state index contributed by atoms with van der Waals surface area (Å²) in [4.78, 5) is 23.2. The molecule has 0 saturated carbocycles. The summed E-state index contributed by atoms with van der Waals surface area (Å²) in [5.41, 5.74) is -1.50. The molecule has 0 aromatic heterocycles. The Bertz CT molecular complexity index is 653. The molecule has 2 N–H and O–H groups in total. The molecule has 9 heteroatoms. The molecule has 1 aliphatic heterocycles. The number of nitrogens with zero attached hydrogens (tertiary/aromatic N) is 2. The molecule has 2 unspecified atom stereocenters. The van der Waals surface area contributed by atoms with E-state index in [1.807, 2.05) is 6.07 Å². The van der Waals surface area contributed by atoms with E-state index in [4.69, 9.17) is 10.00 Å². The van der Waals surface area contributed by atoms with E-state index < -0.39 is 23.6 Å². The zero-order chi connectivity index (χ0) is 21.7. The average Bonchev–Trinajstić information content (AvgIpc) is 2.66. The summed E-state index contributed by atoms with van der Waals surface area (Å²) in [7, 11) is 0. The summed E-state index contributed by atoms with van der Waals surface area (Å²) in [5.74, 6) is -0.764. The molecule has 7 nitrogen and oxygen atoms in total. The molecule has 29 heavy (non-hydrogen) atoms. The van der Waals surface area contributed by atoms with Crippen LogP contribution in [0, 0.1) is 11.3 Å². The first-order chi connectivity index (χ1) is 13.8. The maximum Gasteiger partial charge on any atom is 0.293 e. The van der Waals surface area contributed by atoms with E-state index in [1.54, 1.807) is 29.3 Å². The number of piperidine rings is 1. The number of ether oxygens (including phenoxy) is 1. The van der Waals surface area contributed by atoms with Gasteiger partial charge in [-0.15, -0.1) is 0 Å². The molecule has 160 valence electrons. The molecule has 2 atom stereocenters. The molecule has 1 amide bonds. The molecule has 1 rings (SSSR count). The highest BCUT2D eigenvalue weighted by Crippen LogP contribution is 2.31. The van der Waals surface area contributed by atoms with Gasteiger partial charge in [-0.05, 0) is 25.1 Å². The van der Waals surface area contributed by atoms with Crippen LogP contribution in [-0.4, -0.2) is 61.3 Å². The molecule has 1 heterocycles. The number of halogens is 2. The number of carbonyl (C=O) groups excluding carboxylic acids is 2. The lowest BCUT2D eigenvalue weighted by atomic mass is 9.90. The number of hydrogen-bond donors (Lipinski definition) is 2. The molecule has 0 aromatic rings. The highest BCUT2D eigenvalue weighted by atomic mass is 19.1. The Morgan fingerprint density at radius 1 is 1.38 bits per heavy atom. The number of nitriles is 1. The number of likely N-dealkylation sites (tertiary alicyclic amines) is 1. The Labute approximate surface area is 170 Å². The summed E-state index contributed by atoms with van der Waals surface area (Å²) in [5, 5.41) is 14.2. The molecule has 0 aliphatic carbocycles. The van der Waals surface area contributed by atoms with Crippen molar-refractivity contribution in [2.45, 2.75) is 44.0 Å². The van der Waals surface area contributed by atoms with Crippen LogP contribution in [0.3, 0.4) is 0 Å². The lowest BCUT2D eigenvalue weighted by Crippen LogP contribution is -2.46. The fourth-order valence-corrected chi connectivity index (χ4v) is 2.94. The van der Waals surface area contributed by atoms with E-state index in [0.717, 1.165) is 0 Å². The minimum absolute atomic E-state index is 0.150. The maximum atomic E-state index is 14.4. The number of rotatable bonds is 12. The van der Waals surface area contributed by atoms with Gasteiger partial charge >= 0.3 is 0 Å². The van der Waals surface area contributed by atoms with Gasteiger partial charge in [0.2, 0.25) is 5.91 Å². The number of nitrogens with one attached hydrogen (secondary N) is 2. The van der Waals surface area contributed by atoms with E-state index in [9.17, 15) is 18.4 Å². The monoisotopic (exact) mass is 410 g/mol. The first-order valence-electron chi connectivity index (χ1n) is 9.36. The van der Waals surface area contributed by atoms with Crippen molar-refractivity contribution < 1.29 is 23.1 Å². The zero-order valence-electron chi connectivity index (χ0n) is 16.6. The van der Waals surface area contributed by atoms with Crippen LogP contribution in [0.4, 0.5) is 8.78 Å². The first kappa shape index (κ1) is 24.3. The normalized spacial score (nSPS) is 18.7. The van der Waals surface area contributed by atoms with Crippen LogP contribution in [0.25, 0.3) is 0 Å². The second-order valence-corrected chi connectivity index (χ2v) is 6.86. The molecule has 1 saturated heterocycles. The number of amides is 1. The van der Waals surface area contributed by atoms with E-state index in [0.29, 0.717) is 19.6 Å². The van der Waals surface area contributed by atoms with Crippen molar-refractivity contribution in [1.29, 1.82) is 5.26 Å². The van der Waals surface area contributed by atoms with Crippen LogP contribution >= 0.6 is 0 Å². The number of allylic oxidation sites excluding steroid dienone is 2. The van der Waals surface area contributed by atoms with Crippen molar-refractivity contribution >= 4 is 12.4 Å². The smallest absolute Gasteiger partial charge is 0.293 e. The third kappa shape index (κ3) is 9.34. The molecule has 0 bridgehead atoms. The fraction of sp³-hybridized carbons (Fsp3) is 0.550. The van der Waals surface area contributed by atoms with E-state index >= 15 is 0 Å². The Balaban J connectivity index is 2.49. The van der Waals surface area contributed by atoms with Gasteiger partial charge in [0.25, 0.3) is 6.47 Å². The molecule has 1 aliphatic rings. The molecule has 1 fully saturated rings. The molecular weight excluding hydrogens is 382 g/mol. The van der Waals surface area contributed by atoms with Gasteiger partial charge in [0.05, 0.1) is 31.6 Å². The Morgan fingerprint density at radius 2 is 2.07 bits per heavy atom. The van der Waals surface area contributed by atoms with Crippen molar-refractivity contribution in [3.8, 4) is 6.07 Å². The predicted octanol–water partition coefficient (Wildman–Crippen LogP) is 1.89. The van der Waals surface area contributed by atoms with Crippen molar-refractivity contribution in [1.82, 2.24) is 15.5 Å². The van der Waals surface area contributed by atoms with Gasteiger partial charge < -0.3 is 15.4 Å². The zero-order valence-corrected chi connectivity index (χ0v) is 16.6. The van der Waals surface area contributed by atoms with Crippen LogP contribution in [0.1, 0.15) is 26.2 Å². The van der Waals surface area contributed by atoms with Crippen LogP contribution in [-0.2, 0) is 14.3 Å². The van der Waals surface area contributed by atoms with Crippen molar-refractivity contribution in [2.75, 3.05) is 26.2 Å². The standard InChI is InChI=1S/C20H28F2N4O3/c1-16(21)19(26-11-7-20(22,6-9-23)8-12-26)5-3-4-10-24-13-18(29-15-27)14-25-17(2)28/h3-5,10,15,18-19,24H,1,6-8,11-14H2,2H3,(H,25,28)/b5-3?,10-4+. The van der Waals surface area contributed by atoms with E-state index in [-0.39, 0.29) is 38.3 Å². The van der Waals surface area contributed by atoms with Gasteiger partial charge in [0, 0.05) is 20.0 Å². The molecule has 0 spiro atoms. The van der Waals surface area contributed by atoms with Gasteiger partial charge in [0.1, 0.15) is 17.6 Å². The van der Waals surface area contributed by atoms with Gasteiger partial charge in [0.15, 0.2) is 0 Å². The summed E-state index contributed by atoms with van der Waals surface area (Å²) >= 11 is 0. The maximum absolute atomic E-state index is 14.4. The Morgan fingerprint density at radius 3 is 2.62 bits per heavy atom. The number of hydrogen-bond acceptors (Lipinski definition) is 6. The quantitative estimate of drug-likeness (QED) is 0.377. The largest absolute Gasteiger partial charge is 0.461 e. The fourth-order valence-electron chi connectivity index (χ4n) is 2.94. The topological polar surface area (TPSA) is 94.5 Å². The number of carbonyl (C=O) groups is 2. The second kappa shape index (κ2) is 12.7. The van der Waals surface area contributed by atoms with E-state index in [2.05, 4.69) is 17.2 Å². The minimum atomic E-state index is -1.50. The van der Waals surface area contributed by atoms with Crippen molar-refractivity contribution in [3.63, 3.8) is 0 Å². The van der Waals surface area contributed by atoms with Crippen LogP contribution in [0.15, 0.2) is 36.8 Å². The van der Waals surface area contributed by atoms with Crippen LogP contribution < -0.4 is 10.6 Å². The minimum Gasteiger partial charge on any atom is -0.461 e. The Hall–Kier alpha value is -2.73. The predicted molar refractivity (Wildman–Crippen MR) is 105 cm³/mol. The third-order valence-electron chi connectivity index (χ3n) is 4.60. The number of alkyl halides is 1. The highest BCUT2D eigenvalue weighted by molar-refractivity contribution is 5.72. The van der Waals surface area contributed by atoms with Crippen LogP contribution in [0.5, 0.6) is 0 Å². The first-order valence-corrected chi connectivity index (χ1v) is 9.36. The summed E-state index contributed by atoms with van der Waals surface area (Å²) in [6.07, 6.45) is 6.19. The van der Waals surface area contributed by atoms with Gasteiger partial charge in [-0.3, -0.25) is 14.5 Å². The molecule has 0 radical (unpaired) electrons. The average molecular weight is 410 g/mol. The lowest BCUT2D eigenvalue weighted by Gasteiger charge is -2.38. The van der Waals surface area contributed by atoms with Crippen molar-refractivity contribution in [2.24, 2.45) is 0 Å². The lowest BCUT2D eigenvalue weighted by molar-refractivity contribution is -0.134. The van der Waals surface area contributed by atoms with Crippen molar-refractivity contribution in [3.05, 3.63) is 36.8 Å². The highest BCUT2D eigenvalue weighted by Gasteiger charge is 2.36. The molecular formula is C20H28F2N4O3. The van der Waals surface area contributed by atoms with Gasteiger partial charge in [-0.25, -0.2) is 8.78 Å². The van der Waals surface area contributed by atoms with Gasteiger partial charge in [-0.1, -0.05) is 18.7 Å². The summed E-state index contributed by atoms with van der Waals surface area (Å²) in [6, 6.07) is 1.19. The van der Waals surface area contributed by atoms with Crippen LogP contribution in [0.2, 0.25) is 0 Å². The third-order valence-corrected chi connectivity index (χ3v) is 4.60. The second-order valence-electron chi connectivity index (χ2n) is 6.86. The van der Waals surface area contributed by atoms with Gasteiger partial charge in [-0.2, -0.15) is 5.26 Å². The summed E-state index contributed by atoms with van der Waals surface area (Å²) in [6.45, 7) is 6.20. The SMILES string of the molecule is C=C(F)C(C=C/C=C/NCC(CNC(C)=O)OC=O)N1CCC(F)(CC#N)CC1. The summed E-state index contributed by atoms with van der Waals surface area (Å²) < 4.78 is 33.1. The Kier molecular flexibility index (Phi) is 10.6. The van der Waals surface area contributed by atoms with E-state index in [1.165, 1.54) is 6.92 Å².